The standard InChI is InChI=1S/C21H21ClF4N4O/c1-2-31-13-17-27-28-19-18(22)16(7-10-30(17)19)29-11-8-20(9-12-29,21(24,25)26)14-3-5-15(23)6-4-14/h3-7,10H,2,8-9,11-13H2,1H3. The van der Waals surface area contributed by atoms with Gasteiger partial charge in [0, 0.05) is 25.9 Å². The first kappa shape index (κ1) is 21.8. The molecule has 0 unspecified atom stereocenters. The average molecular weight is 457 g/mol. The summed E-state index contributed by atoms with van der Waals surface area (Å²) in [6.07, 6.45) is -3.03. The minimum absolute atomic E-state index is 0.0839. The molecule has 0 radical (unpaired) electrons. The van der Waals surface area contributed by atoms with Crippen molar-refractivity contribution < 1.29 is 22.3 Å². The highest BCUT2D eigenvalue weighted by Crippen LogP contribution is 2.49. The second kappa shape index (κ2) is 8.27. The summed E-state index contributed by atoms with van der Waals surface area (Å²) in [4.78, 5) is 1.83. The summed E-state index contributed by atoms with van der Waals surface area (Å²) < 4.78 is 62.8. The van der Waals surface area contributed by atoms with Crippen molar-refractivity contribution in [3.05, 3.63) is 58.8 Å². The fraction of sp³-hybridized carbons (Fsp3) is 0.429. The Hall–Kier alpha value is -2.39. The quantitative estimate of drug-likeness (QED) is 0.497. The lowest BCUT2D eigenvalue weighted by atomic mass is 9.72. The molecule has 0 N–H and O–H groups in total. The van der Waals surface area contributed by atoms with Gasteiger partial charge in [0.2, 0.25) is 0 Å². The van der Waals surface area contributed by atoms with E-state index in [1.54, 1.807) is 16.7 Å². The zero-order chi connectivity index (χ0) is 22.2. The van der Waals surface area contributed by atoms with E-state index in [0.29, 0.717) is 28.8 Å². The lowest BCUT2D eigenvalue weighted by molar-refractivity contribution is -0.196. The van der Waals surface area contributed by atoms with Gasteiger partial charge >= 0.3 is 6.18 Å². The number of nitrogens with zero attached hydrogens (tertiary/aromatic N) is 4. The number of alkyl halides is 3. The molecule has 10 heteroatoms. The third-order valence-electron chi connectivity index (χ3n) is 5.90. The van der Waals surface area contributed by atoms with Crippen molar-refractivity contribution >= 4 is 22.9 Å². The van der Waals surface area contributed by atoms with E-state index in [0.717, 1.165) is 12.1 Å². The molecule has 0 aliphatic carbocycles. The van der Waals surface area contributed by atoms with Crippen LogP contribution in [0.5, 0.6) is 0 Å². The Labute approximate surface area is 181 Å². The van der Waals surface area contributed by atoms with Crippen LogP contribution in [0.25, 0.3) is 5.65 Å². The van der Waals surface area contributed by atoms with Crippen LogP contribution >= 0.6 is 11.6 Å². The molecule has 166 valence electrons. The first-order valence-corrected chi connectivity index (χ1v) is 10.3. The Morgan fingerprint density at radius 2 is 1.77 bits per heavy atom. The Morgan fingerprint density at radius 1 is 1.10 bits per heavy atom. The highest BCUT2D eigenvalue weighted by Gasteiger charge is 2.56. The van der Waals surface area contributed by atoms with Gasteiger partial charge in [0.05, 0.1) is 11.1 Å². The Balaban J connectivity index is 1.60. The van der Waals surface area contributed by atoms with Crippen LogP contribution in [0.2, 0.25) is 5.02 Å². The predicted molar refractivity (Wildman–Crippen MR) is 109 cm³/mol. The Kier molecular flexibility index (Phi) is 5.83. The highest BCUT2D eigenvalue weighted by atomic mass is 35.5. The molecule has 1 fully saturated rings. The van der Waals surface area contributed by atoms with E-state index < -0.39 is 17.4 Å². The molecule has 1 aliphatic heterocycles. The molecule has 0 bridgehead atoms. The molecular weight excluding hydrogens is 436 g/mol. The summed E-state index contributed by atoms with van der Waals surface area (Å²) in [6.45, 7) is 2.98. The zero-order valence-electron chi connectivity index (χ0n) is 16.8. The van der Waals surface area contributed by atoms with Crippen LogP contribution in [0.4, 0.5) is 23.2 Å². The van der Waals surface area contributed by atoms with E-state index in [2.05, 4.69) is 10.2 Å². The van der Waals surface area contributed by atoms with Crippen LogP contribution in [0.1, 0.15) is 31.2 Å². The molecule has 4 rings (SSSR count). The van der Waals surface area contributed by atoms with Gasteiger partial charge in [-0.1, -0.05) is 23.7 Å². The number of fused-ring (bicyclic) bond motifs is 1. The van der Waals surface area contributed by atoms with E-state index in [4.69, 9.17) is 16.3 Å². The van der Waals surface area contributed by atoms with Crippen molar-refractivity contribution in [2.75, 3.05) is 24.6 Å². The highest BCUT2D eigenvalue weighted by molar-refractivity contribution is 6.36. The van der Waals surface area contributed by atoms with Crippen molar-refractivity contribution in [3.8, 4) is 0 Å². The van der Waals surface area contributed by atoms with Crippen LogP contribution in [-0.2, 0) is 16.8 Å². The maximum atomic E-state index is 14.1. The number of anilines is 1. The van der Waals surface area contributed by atoms with Crippen LogP contribution in [-0.4, -0.2) is 40.5 Å². The third kappa shape index (κ3) is 3.85. The fourth-order valence-electron chi connectivity index (χ4n) is 4.13. The molecule has 3 heterocycles. The minimum atomic E-state index is -4.45. The van der Waals surface area contributed by atoms with E-state index >= 15 is 0 Å². The van der Waals surface area contributed by atoms with Gasteiger partial charge in [0.25, 0.3) is 0 Å². The third-order valence-corrected chi connectivity index (χ3v) is 6.26. The summed E-state index contributed by atoms with van der Waals surface area (Å²) in [5.74, 6) is 0.0342. The van der Waals surface area contributed by atoms with Crippen molar-refractivity contribution in [2.45, 2.75) is 38.0 Å². The average Bonchev–Trinajstić information content (AvgIpc) is 3.16. The van der Waals surface area contributed by atoms with Gasteiger partial charge in [-0.15, -0.1) is 10.2 Å². The molecular formula is C21H21ClF4N4O. The maximum absolute atomic E-state index is 14.1. The lowest BCUT2D eigenvalue weighted by Crippen LogP contribution is -2.51. The van der Waals surface area contributed by atoms with Gasteiger partial charge in [0.1, 0.15) is 17.4 Å². The number of piperidine rings is 1. The first-order valence-electron chi connectivity index (χ1n) is 9.94. The van der Waals surface area contributed by atoms with Crippen LogP contribution < -0.4 is 4.90 Å². The summed E-state index contributed by atoms with van der Waals surface area (Å²) >= 11 is 6.55. The van der Waals surface area contributed by atoms with E-state index in [1.807, 2.05) is 11.8 Å². The molecule has 0 atom stereocenters. The van der Waals surface area contributed by atoms with Gasteiger partial charge < -0.3 is 9.64 Å². The van der Waals surface area contributed by atoms with E-state index in [9.17, 15) is 17.6 Å². The molecule has 2 aromatic heterocycles. The summed E-state index contributed by atoms with van der Waals surface area (Å²) in [7, 11) is 0. The molecule has 5 nitrogen and oxygen atoms in total. The van der Waals surface area contributed by atoms with Crippen molar-refractivity contribution in [3.63, 3.8) is 0 Å². The first-order chi connectivity index (χ1) is 14.8. The molecule has 1 aromatic carbocycles. The predicted octanol–water partition coefficient (Wildman–Crippen LogP) is 5.16. The second-order valence-corrected chi connectivity index (χ2v) is 7.91. The van der Waals surface area contributed by atoms with Gasteiger partial charge in [-0.05, 0) is 43.5 Å². The van der Waals surface area contributed by atoms with Crippen molar-refractivity contribution in [2.24, 2.45) is 0 Å². The van der Waals surface area contributed by atoms with Gasteiger partial charge in [0.15, 0.2) is 11.5 Å². The number of halogens is 5. The number of hydrogen-bond acceptors (Lipinski definition) is 4. The molecule has 3 aromatic rings. The normalized spacial score (nSPS) is 16.8. The molecule has 31 heavy (non-hydrogen) atoms. The van der Waals surface area contributed by atoms with Crippen molar-refractivity contribution in [1.82, 2.24) is 14.6 Å². The number of benzene rings is 1. The van der Waals surface area contributed by atoms with E-state index in [1.165, 1.54) is 12.1 Å². The lowest BCUT2D eigenvalue weighted by Gasteiger charge is -2.44. The maximum Gasteiger partial charge on any atom is 0.398 e. The van der Waals surface area contributed by atoms with Crippen LogP contribution in [0.3, 0.4) is 0 Å². The number of pyridine rings is 1. The molecule has 1 saturated heterocycles. The second-order valence-electron chi connectivity index (χ2n) is 7.54. The van der Waals surface area contributed by atoms with Crippen molar-refractivity contribution in [1.29, 1.82) is 0 Å². The molecule has 1 aliphatic rings. The smallest absolute Gasteiger partial charge is 0.374 e. The number of aromatic nitrogens is 3. The van der Waals surface area contributed by atoms with Gasteiger partial charge in [-0.3, -0.25) is 4.40 Å². The van der Waals surface area contributed by atoms with Gasteiger partial charge in [-0.25, -0.2) is 4.39 Å². The van der Waals surface area contributed by atoms with Crippen LogP contribution in [0, 0.1) is 5.82 Å². The van der Waals surface area contributed by atoms with Gasteiger partial charge in [-0.2, -0.15) is 13.2 Å². The number of rotatable bonds is 5. The van der Waals surface area contributed by atoms with E-state index in [-0.39, 0.29) is 38.1 Å². The summed E-state index contributed by atoms with van der Waals surface area (Å²) in [6, 6.07) is 6.37. The monoisotopic (exact) mass is 456 g/mol. The fourth-order valence-corrected chi connectivity index (χ4v) is 4.44. The largest absolute Gasteiger partial charge is 0.398 e. The Bertz CT molecular complexity index is 1060. The Morgan fingerprint density at radius 3 is 2.39 bits per heavy atom. The van der Waals surface area contributed by atoms with Crippen LogP contribution in [0.15, 0.2) is 36.5 Å². The molecule has 0 spiro atoms. The number of ether oxygens (including phenoxy) is 1. The topological polar surface area (TPSA) is 42.7 Å². The summed E-state index contributed by atoms with van der Waals surface area (Å²) in [5.41, 5.74) is -0.895. The molecule has 0 saturated carbocycles. The minimum Gasteiger partial charge on any atom is -0.374 e. The molecule has 0 amide bonds. The summed E-state index contributed by atoms with van der Waals surface area (Å²) in [5, 5.41) is 8.53. The zero-order valence-corrected chi connectivity index (χ0v) is 17.5. The number of hydrogen-bond donors (Lipinski definition) is 0. The SMILES string of the molecule is CCOCc1nnc2c(Cl)c(N3CCC(c4ccc(F)cc4)(C(F)(F)F)CC3)ccn12.